The molecule has 0 aliphatic carbocycles. The molecule has 0 aliphatic heterocycles. The van der Waals surface area contributed by atoms with Crippen LogP contribution in [-0.4, -0.2) is 14.9 Å². The first-order valence-electron chi connectivity index (χ1n) is 5.55. The molecule has 0 bridgehead atoms. The van der Waals surface area contributed by atoms with Crippen molar-refractivity contribution in [3.8, 4) is 5.75 Å². The number of ether oxygens (including phenoxy) is 1. The van der Waals surface area contributed by atoms with Gasteiger partial charge in [-0.15, -0.1) is 0 Å². The maximum absolute atomic E-state index is 10.7. The Bertz CT molecular complexity index is 642. The van der Waals surface area contributed by atoms with Crippen molar-refractivity contribution in [2.75, 3.05) is 5.43 Å². The van der Waals surface area contributed by atoms with Crippen LogP contribution in [0.15, 0.2) is 24.5 Å². The normalized spacial score (nSPS) is 10.2. The minimum absolute atomic E-state index is 0.0439. The average molecular weight is 330 g/mol. The second-order valence-corrected chi connectivity index (χ2v) is 4.64. The summed E-state index contributed by atoms with van der Waals surface area (Å²) in [4.78, 5) is 18.1. The summed E-state index contributed by atoms with van der Waals surface area (Å²) in [6.45, 7) is 0.0507. The third kappa shape index (κ3) is 3.69. The van der Waals surface area contributed by atoms with E-state index in [0.717, 1.165) is 12.1 Å². The highest BCUT2D eigenvalue weighted by molar-refractivity contribution is 6.37. The number of anilines is 1. The highest BCUT2D eigenvalue weighted by Gasteiger charge is 2.16. The molecule has 3 N–H and O–H groups in total. The van der Waals surface area contributed by atoms with Gasteiger partial charge in [-0.3, -0.25) is 15.1 Å². The van der Waals surface area contributed by atoms with Gasteiger partial charge in [-0.25, -0.2) is 10.8 Å². The predicted molar refractivity (Wildman–Crippen MR) is 77.3 cm³/mol. The summed E-state index contributed by atoms with van der Waals surface area (Å²) in [6.07, 6.45) is 2.89. The summed E-state index contributed by atoms with van der Waals surface area (Å²) >= 11 is 11.8. The standard InChI is InChI=1S/C11H9Cl2N5O3/c12-8-1-7(18(19)20)2-9(13)11(8)21-5-6-3-16-10(17-14)4-15-6/h1-4H,5,14H2,(H,16,17). The highest BCUT2D eigenvalue weighted by atomic mass is 35.5. The molecule has 0 fully saturated rings. The van der Waals surface area contributed by atoms with E-state index >= 15 is 0 Å². The molecule has 1 aromatic carbocycles. The van der Waals surface area contributed by atoms with Crippen molar-refractivity contribution in [1.29, 1.82) is 0 Å². The van der Waals surface area contributed by atoms with E-state index in [1.807, 2.05) is 0 Å². The summed E-state index contributed by atoms with van der Waals surface area (Å²) in [7, 11) is 0. The van der Waals surface area contributed by atoms with E-state index in [0.29, 0.717) is 11.5 Å². The third-order valence-electron chi connectivity index (χ3n) is 2.41. The number of hydrogen-bond acceptors (Lipinski definition) is 7. The molecule has 0 unspecified atom stereocenters. The van der Waals surface area contributed by atoms with Crippen LogP contribution in [0.4, 0.5) is 11.5 Å². The quantitative estimate of drug-likeness (QED) is 0.491. The predicted octanol–water partition coefficient (Wildman–Crippen LogP) is 2.56. The number of nitrogens with two attached hydrogens (primary N) is 1. The van der Waals surface area contributed by atoms with E-state index < -0.39 is 4.92 Å². The fourth-order valence-corrected chi connectivity index (χ4v) is 2.02. The summed E-state index contributed by atoms with van der Waals surface area (Å²) < 4.78 is 5.42. The van der Waals surface area contributed by atoms with Gasteiger partial charge in [-0.2, -0.15) is 0 Å². The Morgan fingerprint density at radius 3 is 2.43 bits per heavy atom. The number of halogens is 2. The van der Waals surface area contributed by atoms with Gasteiger partial charge < -0.3 is 10.2 Å². The second kappa shape index (κ2) is 6.53. The summed E-state index contributed by atoms with van der Waals surface area (Å²) in [5.74, 6) is 5.72. The Morgan fingerprint density at radius 1 is 1.29 bits per heavy atom. The maximum Gasteiger partial charge on any atom is 0.272 e. The first-order valence-corrected chi connectivity index (χ1v) is 6.30. The Kier molecular flexibility index (Phi) is 4.73. The molecule has 110 valence electrons. The van der Waals surface area contributed by atoms with Gasteiger partial charge in [0.15, 0.2) is 11.6 Å². The van der Waals surface area contributed by atoms with Crippen molar-refractivity contribution in [3.05, 3.63) is 50.4 Å². The first-order chi connectivity index (χ1) is 10.0. The number of aromatic nitrogens is 2. The molecule has 0 atom stereocenters. The van der Waals surface area contributed by atoms with Crippen molar-refractivity contribution in [2.24, 2.45) is 5.84 Å². The van der Waals surface area contributed by atoms with Crippen LogP contribution in [0.3, 0.4) is 0 Å². The van der Waals surface area contributed by atoms with Crippen LogP contribution in [0.1, 0.15) is 5.69 Å². The summed E-state index contributed by atoms with van der Waals surface area (Å²) in [5, 5.41) is 10.8. The van der Waals surface area contributed by atoms with Crippen LogP contribution in [-0.2, 0) is 6.61 Å². The molecule has 1 aromatic heterocycles. The molecule has 0 radical (unpaired) electrons. The van der Waals surface area contributed by atoms with E-state index in [1.54, 1.807) is 0 Å². The van der Waals surface area contributed by atoms with Gasteiger partial charge in [0, 0.05) is 12.1 Å². The number of nitrogen functional groups attached to an aromatic ring is 1. The lowest BCUT2D eigenvalue weighted by Gasteiger charge is -2.09. The van der Waals surface area contributed by atoms with Gasteiger partial charge in [0.05, 0.1) is 33.1 Å². The zero-order valence-electron chi connectivity index (χ0n) is 10.4. The largest absolute Gasteiger partial charge is 0.484 e. The fourth-order valence-electron chi connectivity index (χ4n) is 1.44. The number of nitro benzene ring substituents is 1. The molecule has 8 nitrogen and oxygen atoms in total. The molecule has 2 rings (SSSR count). The minimum atomic E-state index is -0.592. The Hall–Kier alpha value is -2.16. The Labute approximate surface area is 129 Å². The monoisotopic (exact) mass is 329 g/mol. The topological polar surface area (TPSA) is 116 Å². The molecular formula is C11H9Cl2N5O3. The molecule has 2 aromatic rings. The lowest BCUT2D eigenvalue weighted by Crippen LogP contribution is -2.09. The maximum atomic E-state index is 10.7. The Morgan fingerprint density at radius 2 is 1.95 bits per heavy atom. The van der Waals surface area contributed by atoms with E-state index in [2.05, 4.69) is 15.4 Å². The smallest absolute Gasteiger partial charge is 0.272 e. The average Bonchev–Trinajstić information content (AvgIpc) is 2.46. The number of hydrazine groups is 1. The summed E-state index contributed by atoms with van der Waals surface area (Å²) in [5.41, 5.74) is 2.64. The molecular weight excluding hydrogens is 321 g/mol. The molecule has 1 heterocycles. The van der Waals surface area contributed by atoms with Gasteiger partial charge in [-0.1, -0.05) is 23.2 Å². The lowest BCUT2D eigenvalue weighted by molar-refractivity contribution is -0.384. The Balaban J connectivity index is 2.14. The molecule has 0 saturated carbocycles. The van der Waals surface area contributed by atoms with Crippen molar-refractivity contribution in [1.82, 2.24) is 9.97 Å². The highest BCUT2D eigenvalue weighted by Crippen LogP contribution is 2.37. The fraction of sp³-hybridized carbons (Fsp3) is 0.0909. The van der Waals surface area contributed by atoms with Gasteiger partial charge in [0.25, 0.3) is 5.69 Å². The molecule has 10 heteroatoms. The van der Waals surface area contributed by atoms with Gasteiger partial charge in [0.2, 0.25) is 0 Å². The molecule has 21 heavy (non-hydrogen) atoms. The molecule has 0 spiro atoms. The van der Waals surface area contributed by atoms with Gasteiger partial charge in [0.1, 0.15) is 6.61 Å². The van der Waals surface area contributed by atoms with Crippen molar-refractivity contribution < 1.29 is 9.66 Å². The van der Waals surface area contributed by atoms with E-state index in [1.165, 1.54) is 12.4 Å². The third-order valence-corrected chi connectivity index (χ3v) is 2.97. The van der Waals surface area contributed by atoms with Crippen molar-refractivity contribution in [2.45, 2.75) is 6.61 Å². The number of nitrogens with one attached hydrogen (secondary N) is 1. The number of hydrogen-bond donors (Lipinski definition) is 2. The van der Waals surface area contributed by atoms with Crippen LogP contribution < -0.4 is 16.0 Å². The van der Waals surface area contributed by atoms with Gasteiger partial charge >= 0.3 is 0 Å². The van der Waals surface area contributed by atoms with Crippen LogP contribution in [0.25, 0.3) is 0 Å². The van der Waals surface area contributed by atoms with E-state index in [4.69, 9.17) is 33.8 Å². The minimum Gasteiger partial charge on any atom is -0.484 e. The number of non-ortho nitro benzene ring substituents is 1. The van der Waals surface area contributed by atoms with Crippen molar-refractivity contribution >= 4 is 34.7 Å². The van der Waals surface area contributed by atoms with E-state index in [9.17, 15) is 10.1 Å². The van der Waals surface area contributed by atoms with Crippen LogP contribution in [0.5, 0.6) is 5.75 Å². The van der Waals surface area contributed by atoms with Crippen molar-refractivity contribution in [3.63, 3.8) is 0 Å². The number of benzene rings is 1. The molecule has 0 saturated heterocycles. The molecule has 0 aliphatic rings. The van der Waals surface area contributed by atoms with Crippen LogP contribution in [0.2, 0.25) is 10.0 Å². The zero-order valence-corrected chi connectivity index (χ0v) is 11.9. The zero-order chi connectivity index (χ0) is 15.4. The number of nitrogens with zero attached hydrogens (tertiary/aromatic N) is 3. The number of nitro groups is 1. The first kappa shape index (κ1) is 15.2. The van der Waals surface area contributed by atoms with E-state index in [-0.39, 0.29) is 28.1 Å². The van der Waals surface area contributed by atoms with Gasteiger partial charge in [-0.05, 0) is 0 Å². The van der Waals surface area contributed by atoms with Crippen LogP contribution >= 0.6 is 23.2 Å². The molecule has 0 amide bonds. The number of rotatable bonds is 5. The second-order valence-electron chi connectivity index (χ2n) is 3.82. The summed E-state index contributed by atoms with van der Waals surface area (Å²) in [6, 6.07) is 2.33. The SMILES string of the molecule is NNc1cnc(COc2c(Cl)cc([N+](=O)[O-])cc2Cl)cn1. The van der Waals surface area contributed by atoms with Crippen LogP contribution in [0, 0.1) is 10.1 Å². The lowest BCUT2D eigenvalue weighted by atomic mass is 10.3.